The van der Waals surface area contributed by atoms with E-state index in [4.69, 9.17) is 4.42 Å². The molecule has 0 saturated carbocycles. The van der Waals surface area contributed by atoms with E-state index < -0.39 is 0 Å². The Balaban J connectivity index is 1.76. The number of fused-ring (bicyclic) bond motifs is 2. The maximum atomic E-state index is 12.3. The zero-order chi connectivity index (χ0) is 11.8. The van der Waals surface area contributed by atoms with Gasteiger partial charge in [-0.2, -0.15) is 0 Å². The molecule has 2 atom stereocenters. The molecule has 0 radical (unpaired) electrons. The molecule has 2 unspecified atom stereocenters. The van der Waals surface area contributed by atoms with Crippen molar-refractivity contribution in [3.8, 4) is 0 Å². The lowest BCUT2D eigenvalue weighted by Crippen LogP contribution is -2.39. The summed E-state index contributed by atoms with van der Waals surface area (Å²) in [5.74, 6) is 0.416. The van der Waals surface area contributed by atoms with Crippen LogP contribution in [0.5, 0.6) is 0 Å². The van der Waals surface area contributed by atoms with E-state index in [2.05, 4.69) is 21.2 Å². The molecule has 1 amide bonds. The van der Waals surface area contributed by atoms with Crippen molar-refractivity contribution in [2.75, 3.05) is 13.1 Å². The fourth-order valence-corrected chi connectivity index (χ4v) is 3.09. The molecule has 1 aromatic rings. The highest BCUT2D eigenvalue weighted by Crippen LogP contribution is 2.24. The summed E-state index contributed by atoms with van der Waals surface area (Å²) in [5.41, 5.74) is 0. The van der Waals surface area contributed by atoms with Crippen LogP contribution in [0, 0.1) is 0 Å². The third kappa shape index (κ3) is 2.13. The number of hydrogen-bond acceptors (Lipinski definition) is 3. The fourth-order valence-electron chi connectivity index (χ4n) is 2.72. The predicted octanol–water partition coefficient (Wildman–Crippen LogP) is 2.01. The van der Waals surface area contributed by atoms with Crippen LogP contribution in [-0.2, 0) is 0 Å². The lowest BCUT2D eigenvalue weighted by molar-refractivity contribution is 0.0715. The molecule has 1 N–H and O–H groups in total. The molecule has 5 heteroatoms. The number of hydrogen-bond donors (Lipinski definition) is 1. The van der Waals surface area contributed by atoms with Gasteiger partial charge in [0.2, 0.25) is 5.76 Å². The summed E-state index contributed by atoms with van der Waals surface area (Å²) >= 11 is 3.34. The van der Waals surface area contributed by atoms with Crippen molar-refractivity contribution >= 4 is 21.8 Å². The van der Waals surface area contributed by atoms with E-state index in [1.807, 2.05) is 4.90 Å². The predicted molar refractivity (Wildman–Crippen MR) is 66.9 cm³/mol. The minimum absolute atomic E-state index is 0.00350. The van der Waals surface area contributed by atoms with E-state index in [0.29, 0.717) is 17.8 Å². The molecule has 2 saturated heterocycles. The Kier molecular flexibility index (Phi) is 2.96. The van der Waals surface area contributed by atoms with Crippen LogP contribution in [0.15, 0.2) is 21.2 Å². The van der Waals surface area contributed by atoms with Crippen molar-refractivity contribution in [1.82, 2.24) is 10.2 Å². The van der Waals surface area contributed by atoms with Crippen LogP contribution in [0.4, 0.5) is 0 Å². The topological polar surface area (TPSA) is 45.5 Å². The molecular formula is C12H15BrN2O2. The van der Waals surface area contributed by atoms with Crippen molar-refractivity contribution in [3.05, 3.63) is 22.6 Å². The minimum atomic E-state index is -0.00350. The maximum absolute atomic E-state index is 12.3. The number of nitrogens with zero attached hydrogens (tertiary/aromatic N) is 1. The van der Waals surface area contributed by atoms with E-state index in [-0.39, 0.29) is 5.91 Å². The first-order valence-corrected chi connectivity index (χ1v) is 6.81. The molecule has 0 spiro atoms. The van der Waals surface area contributed by atoms with Crippen molar-refractivity contribution in [2.45, 2.75) is 31.3 Å². The number of carbonyl (C=O) groups is 1. The molecule has 2 bridgehead atoms. The second-order valence-corrected chi connectivity index (χ2v) is 5.63. The van der Waals surface area contributed by atoms with Crippen LogP contribution >= 0.6 is 15.9 Å². The first-order chi connectivity index (χ1) is 8.24. The lowest BCUT2D eigenvalue weighted by atomic mass is 10.1. The first kappa shape index (κ1) is 11.3. The van der Waals surface area contributed by atoms with Gasteiger partial charge in [0, 0.05) is 25.2 Å². The molecule has 0 aromatic carbocycles. The van der Waals surface area contributed by atoms with E-state index in [0.717, 1.165) is 24.0 Å². The number of furan rings is 1. The average molecular weight is 299 g/mol. The number of amides is 1. The molecule has 2 fully saturated rings. The third-order valence-electron chi connectivity index (χ3n) is 3.62. The summed E-state index contributed by atoms with van der Waals surface area (Å²) in [6, 6.07) is 2.81. The second-order valence-electron chi connectivity index (χ2n) is 4.78. The normalized spacial score (nSPS) is 28.2. The minimum Gasteiger partial charge on any atom is -0.458 e. The summed E-state index contributed by atoms with van der Waals surface area (Å²) in [5, 5.41) is 3.56. The van der Waals surface area contributed by atoms with Crippen molar-refractivity contribution in [3.63, 3.8) is 0 Å². The summed E-state index contributed by atoms with van der Waals surface area (Å²) in [7, 11) is 0. The van der Waals surface area contributed by atoms with Crippen LogP contribution in [0.2, 0.25) is 0 Å². The van der Waals surface area contributed by atoms with Crippen LogP contribution in [0.3, 0.4) is 0 Å². The Morgan fingerprint density at radius 3 is 3.00 bits per heavy atom. The number of rotatable bonds is 1. The molecule has 3 rings (SSSR count). The number of likely N-dealkylation sites (tertiary alicyclic amines) is 1. The largest absolute Gasteiger partial charge is 0.458 e. The average Bonchev–Trinajstić information content (AvgIpc) is 2.84. The summed E-state index contributed by atoms with van der Waals surface area (Å²) in [4.78, 5) is 14.2. The monoisotopic (exact) mass is 298 g/mol. The van der Waals surface area contributed by atoms with Crippen molar-refractivity contribution in [1.29, 1.82) is 0 Å². The Bertz CT molecular complexity index is 432. The summed E-state index contributed by atoms with van der Waals surface area (Å²) in [6.45, 7) is 1.61. The number of carbonyl (C=O) groups excluding carboxylic acids is 1. The Hall–Kier alpha value is -0.810. The van der Waals surface area contributed by atoms with E-state index in [1.54, 1.807) is 12.3 Å². The van der Waals surface area contributed by atoms with Gasteiger partial charge < -0.3 is 14.6 Å². The van der Waals surface area contributed by atoms with Gasteiger partial charge in [-0.15, -0.1) is 0 Å². The molecule has 0 aliphatic carbocycles. The zero-order valence-electron chi connectivity index (χ0n) is 9.49. The van der Waals surface area contributed by atoms with Gasteiger partial charge in [-0.05, 0) is 41.3 Å². The lowest BCUT2D eigenvalue weighted by Gasteiger charge is -2.23. The highest BCUT2D eigenvalue weighted by molar-refractivity contribution is 9.10. The number of nitrogens with one attached hydrogen (secondary N) is 1. The van der Waals surface area contributed by atoms with Gasteiger partial charge in [-0.1, -0.05) is 0 Å². The molecule has 1 aromatic heterocycles. The van der Waals surface area contributed by atoms with Crippen molar-refractivity contribution < 1.29 is 9.21 Å². The van der Waals surface area contributed by atoms with Crippen LogP contribution in [0.25, 0.3) is 0 Å². The molecule has 2 aliphatic heterocycles. The van der Waals surface area contributed by atoms with Crippen molar-refractivity contribution in [2.24, 2.45) is 0 Å². The van der Waals surface area contributed by atoms with Crippen LogP contribution in [-0.4, -0.2) is 36.0 Å². The van der Waals surface area contributed by atoms with Gasteiger partial charge in [0.15, 0.2) is 0 Å². The van der Waals surface area contributed by atoms with Gasteiger partial charge in [-0.25, -0.2) is 0 Å². The SMILES string of the molecule is O=C(c1occc1Br)N1CCC2CCC(C1)N2. The molecule has 17 heavy (non-hydrogen) atoms. The molecule has 2 aliphatic rings. The van der Waals surface area contributed by atoms with E-state index >= 15 is 0 Å². The maximum Gasteiger partial charge on any atom is 0.290 e. The van der Waals surface area contributed by atoms with Gasteiger partial charge in [0.25, 0.3) is 5.91 Å². The Labute approximate surface area is 108 Å². The van der Waals surface area contributed by atoms with Gasteiger partial charge in [-0.3, -0.25) is 4.79 Å². The van der Waals surface area contributed by atoms with Crippen LogP contribution in [0.1, 0.15) is 29.8 Å². The van der Waals surface area contributed by atoms with Crippen LogP contribution < -0.4 is 5.32 Å². The molecular weight excluding hydrogens is 284 g/mol. The molecule has 4 nitrogen and oxygen atoms in total. The summed E-state index contributed by atoms with van der Waals surface area (Å²) in [6.07, 6.45) is 5.00. The third-order valence-corrected chi connectivity index (χ3v) is 4.25. The second kappa shape index (κ2) is 4.46. The zero-order valence-corrected chi connectivity index (χ0v) is 11.1. The van der Waals surface area contributed by atoms with E-state index in [1.165, 1.54) is 12.8 Å². The quantitative estimate of drug-likeness (QED) is 0.863. The van der Waals surface area contributed by atoms with Gasteiger partial charge in [0.1, 0.15) is 0 Å². The van der Waals surface area contributed by atoms with Gasteiger partial charge >= 0.3 is 0 Å². The highest BCUT2D eigenvalue weighted by atomic mass is 79.9. The number of halogens is 1. The smallest absolute Gasteiger partial charge is 0.290 e. The summed E-state index contributed by atoms with van der Waals surface area (Å²) < 4.78 is 5.98. The highest BCUT2D eigenvalue weighted by Gasteiger charge is 2.32. The van der Waals surface area contributed by atoms with Gasteiger partial charge in [0.05, 0.1) is 10.7 Å². The molecule has 3 heterocycles. The fraction of sp³-hybridized carbons (Fsp3) is 0.583. The standard InChI is InChI=1S/C12H15BrN2O2/c13-10-4-6-17-11(10)12(16)15-5-3-8-1-2-9(7-15)14-8/h4,6,8-9,14H,1-3,5,7H2. The Morgan fingerprint density at radius 1 is 1.41 bits per heavy atom. The Morgan fingerprint density at radius 2 is 2.24 bits per heavy atom. The first-order valence-electron chi connectivity index (χ1n) is 6.02. The van der Waals surface area contributed by atoms with E-state index in [9.17, 15) is 4.79 Å². The molecule has 92 valence electrons.